The Balaban J connectivity index is 2.98. The van der Waals surface area contributed by atoms with Crippen molar-refractivity contribution in [3.05, 3.63) is 29.3 Å². The molecule has 0 fully saturated rings. The van der Waals surface area contributed by atoms with Crippen LogP contribution >= 0.6 is 11.8 Å². The van der Waals surface area contributed by atoms with E-state index in [9.17, 15) is 26.4 Å². The first kappa shape index (κ1) is 25.2. The van der Waals surface area contributed by atoms with Crippen LogP contribution in [-0.4, -0.2) is 51.9 Å². The van der Waals surface area contributed by atoms with Crippen molar-refractivity contribution >= 4 is 38.5 Å². The van der Waals surface area contributed by atoms with Gasteiger partial charge in [0.05, 0.1) is 5.56 Å². The maximum atomic E-state index is 13.1. The molecule has 1 aromatic rings. The molecule has 29 heavy (non-hydrogen) atoms. The number of rotatable bonds is 7. The van der Waals surface area contributed by atoms with Crippen molar-refractivity contribution in [1.29, 1.82) is 5.41 Å². The summed E-state index contributed by atoms with van der Waals surface area (Å²) in [6.45, 7) is 5.07. The summed E-state index contributed by atoms with van der Waals surface area (Å²) in [6, 6.07) is 1.95. The normalized spacial score (nSPS) is 13.3. The molecule has 1 atom stereocenters. The number of hydrogen-bond donors (Lipinski definition) is 4. The summed E-state index contributed by atoms with van der Waals surface area (Å²) in [5.41, 5.74) is -2.98. The summed E-state index contributed by atoms with van der Waals surface area (Å²) in [4.78, 5) is 12.2. The Kier molecular flexibility index (Phi) is 8.47. The third kappa shape index (κ3) is 6.30. The zero-order valence-corrected chi connectivity index (χ0v) is 17.3. The van der Waals surface area contributed by atoms with Crippen molar-refractivity contribution in [1.82, 2.24) is 9.62 Å². The number of halogens is 3. The molecule has 0 spiro atoms. The number of sulfonamides is 1. The number of amides is 1. The Morgan fingerprint density at radius 1 is 1.28 bits per heavy atom. The van der Waals surface area contributed by atoms with E-state index >= 15 is 0 Å². The highest BCUT2D eigenvalue weighted by molar-refractivity contribution is 8.22. The van der Waals surface area contributed by atoms with Crippen LogP contribution in [-0.2, 0) is 16.2 Å². The number of amidine groups is 1. The average Bonchev–Trinajstić information content (AvgIpc) is 2.60. The van der Waals surface area contributed by atoms with Crippen molar-refractivity contribution in [2.75, 3.05) is 18.3 Å². The molecule has 0 radical (unpaired) electrons. The number of nitrogens with zero attached hydrogens (tertiary/aromatic N) is 2. The second-order valence-electron chi connectivity index (χ2n) is 5.62. The van der Waals surface area contributed by atoms with Gasteiger partial charge < -0.3 is 5.32 Å². The van der Waals surface area contributed by atoms with E-state index < -0.39 is 53.9 Å². The molecule has 164 valence electrons. The zero-order chi connectivity index (χ0) is 22.6. The third-order valence-electron chi connectivity index (χ3n) is 3.78. The van der Waals surface area contributed by atoms with E-state index in [-0.39, 0.29) is 13.1 Å². The van der Waals surface area contributed by atoms with Crippen LogP contribution in [0, 0.1) is 5.41 Å². The Labute approximate surface area is 170 Å². The quantitative estimate of drug-likeness (QED) is 0.280. The van der Waals surface area contributed by atoms with E-state index in [1.54, 1.807) is 13.8 Å². The minimum Gasteiger partial charge on any atom is -0.301 e. The van der Waals surface area contributed by atoms with Gasteiger partial charge in [-0.25, -0.2) is 12.7 Å². The molecular weight excluding hydrogens is 437 g/mol. The highest BCUT2D eigenvalue weighted by Gasteiger charge is 2.36. The molecule has 1 amide bonds. The number of thioether (sulfide) groups is 1. The number of carbonyl (C=O) groups is 1. The fraction of sp³-hybridized carbons (Fsp3) is 0.467. The fourth-order valence-electron chi connectivity index (χ4n) is 2.30. The van der Waals surface area contributed by atoms with E-state index in [0.29, 0.717) is 23.9 Å². The van der Waals surface area contributed by atoms with Gasteiger partial charge in [0.2, 0.25) is 10.0 Å². The van der Waals surface area contributed by atoms with Crippen molar-refractivity contribution in [2.45, 2.75) is 31.5 Å². The van der Waals surface area contributed by atoms with Gasteiger partial charge in [0, 0.05) is 18.7 Å². The first-order chi connectivity index (χ1) is 13.2. The van der Waals surface area contributed by atoms with Gasteiger partial charge in [0.1, 0.15) is 10.3 Å². The number of nitrogens with one attached hydrogen (secondary N) is 2. The Morgan fingerprint density at radius 2 is 1.83 bits per heavy atom. The van der Waals surface area contributed by atoms with Gasteiger partial charge in [-0.3, -0.25) is 20.6 Å². The Hall–Kier alpha value is -1.87. The van der Waals surface area contributed by atoms with Crippen LogP contribution in [0.3, 0.4) is 0 Å². The summed E-state index contributed by atoms with van der Waals surface area (Å²) in [5.74, 6) is -1.09. The van der Waals surface area contributed by atoms with Gasteiger partial charge in [-0.2, -0.15) is 13.2 Å². The maximum absolute atomic E-state index is 13.1. The molecule has 9 nitrogen and oxygen atoms in total. The highest BCUT2D eigenvalue weighted by Crippen LogP contribution is 2.36. The number of hydrogen-bond acceptors (Lipinski definition) is 8. The van der Waals surface area contributed by atoms with Gasteiger partial charge in [-0.05, 0) is 25.1 Å². The first-order valence-corrected chi connectivity index (χ1v) is 10.6. The van der Waals surface area contributed by atoms with E-state index in [0.717, 1.165) is 6.07 Å². The second kappa shape index (κ2) is 9.75. The molecule has 0 aromatic heterocycles. The van der Waals surface area contributed by atoms with Crippen LogP contribution in [0.15, 0.2) is 18.2 Å². The van der Waals surface area contributed by atoms with E-state index in [2.05, 4.69) is 0 Å². The lowest BCUT2D eigenvalue weighted by atomic mass is 10.1. The first-order valence-electron chi connectivity index (χ1n) is 8.20. The lowest BCUT2D eigenvalue weighted by Gasteiger charge is -2.23. The standard InChI is InChI=1S/C15H21F3N4O5S2/c1-4-21(5-2)29(26,27)9(3)28-14(19)20-13(23)10-6-7-12(22(24)25)11(8-10)15(16,17)18/h6-9,24-25H,4-5H2,1-3H3,(H2,19,20,23). The average molecular weight is 458 g/mol. The van der Waals surface area contributed by atoms with E-state index in [1.807, 2.05) is 5.32 Å². The van der Waals surface area contributed by atoms with E-state index in [4.69, 9.17) is 15.8 Å². The third-order valence-corrected chi connectivity index (χ3v) is 7.54. The zero-order valence-electron chi connectivity index (χ0n) is 15.7. The lowest BCUT2D eigenvalue weighted by Crippen LogP contribution is -2.38. The fourth-order valence-corrected chi connectivity index (χ4v) is 5.07. The molecular formula is C15H21F3N4O5S2. The number of benzene rings is 1. The minimum absolute atomic E-state index is 0.225. The topological polar surface area (TPSA) is 134 Å². The van der Waals surface area contributed by atoms with Crippen molar-refractivity contribution in [3.63, 3.8) is 0 Å². The predicted molar refractivity (Wildman–Crippen MR) is 102 cm³/mol. The highest BCUT2D eigenvalue weighted by atomic mass is 32.3. The molecule has 0 heterocycles. The number of alkyl halides is 3. The molecule has 0 aliphatic heterocycles. The summed E-state index contributed by atoms with van der Waals surface area (Å²) in [6.07, 6.45) is -4.98. The largest absolute Gasteiger partial charge is 0.418 e. The van der Waals surface area contributed by atoms with Gasteiger partial charge >= 0.3 is 6.18 Å². The molecule has 0 bridgehead atoms. The van der Waals surface area contributed by atoms with Gasteiger partial charge in [-0.15, -0.1) is 5.23 Å². The molecule has 0 aliphatic carbocycles. The van der Waals surface area contributed by atoms with Crippen LogP contribution in [0.1, 0.15) is 36.7 Å². The summed E-state index contributed by atoms with van der Waals surface area (Å²) in [7, 11) is -3.74. The second-order valence-corrected chi connectivity index (χ2v) is 9.52. The van der Waals surface area contributed by atoms with Crippen molar-refractivity contribution in [2.24, 2.45) is 0 Å². The van der Waals surface area contributed by atoms with Crippen LogP contribution in [0.5, 0.6) is 0 Å². The van der Waals surface area contributed by atoms with Gasteiger partial charge in [0.15, 0.2) is 5.17 Å². The smallest absolute Gasteiger partial charge is 0.301 e. The number of anilines is 1. The Bertz CT molecular complexity index is 858. The van der Waals surface area contributed by atoms with Crippen molar-refractivity contribution < 1.29 is 36.8 Å². The summed E-state index contributed by atoms with van der Waals surface area (Å²) in [5, 5.41) is 26.3. The number of carbonyl (C=O) groups excluding carboxylic acids is 1. The SMILES string of the molecule is CCN(CC)S(=O)(=O)C(C)SC(=N)NC(=O)c1ccc(N(O)O)c(C(F)(F)F)c1. The summed E-state index contributed by atoms with van der Waals surface area (Å²) < 4.78 is 64.0. The lowest BCUT2D eigenvalue weighted by molar-refractivity contribution is -0.138. The molecule has 14 heteroatoms. The van der Waals surface area contributed by atoms with Crippen LogP contribution in [0.25, 0.3) is 0 Å². The monoisotopic (exact) mass is 458 g/mol. The van der Waals surface area contributed by atoms with Crippen LogP contribution in [0.2, 0.25) is 0 Å². The minimum atomic E-state index is -4.98. The maximum Gasteiger partial charge on any atom is 0.418 e. The van der Waals surface area contributed by atoms with E-state index in [1.165, 1.54) is 11.2 Å². The van der Waals surface area contributed by atoms with Crippen LogP contribution < -0.4 is 10.5 Å². The molecule has 1 rings (SSSR count). The molecule has 0 saturated heterocycles. The molecule has 0 aliphatic rings. The molecule has 4 N–H and O–H groups in total. The van der Waals surface area contributed by atoms with Crippen LogP contribution in [0.4, 0.5) is 18.9 Å². The predicted octanol–water partition coefficient (Wildman–Crippen LogP) is 2.71. The van der Waals surface area contributed by atoms with Gasteiger partial charge in [0.25, 0.3) is 5.91 Å². The van der Waals surface area contributed by atoms with Gasteiger partial charge in [-0.1, -0.05) is 25.6 Å². The summed E-state index contributed by atoms with van der Waals surface area (Å²) >= 11 is 0.518. The molecule has 0 saturated carbocycles. The van der Waals surface area contributed by atoms with Crippen molar-refractivity contribution in [3.8, 4) is 0 Å². The Morgan fingerprint density at radius 3 is 2.28 bits per heavy atom. The molecule has 1 aromatic carbocycles. The molecule has 1 unspecified atom stereocenters.